The molecule has 0 radical (unpaired) electrons. The molecule has 0 spiro atoms. The summed E-state index contributed by atoms with van der Waals surface area (Å²) in [6, 6.07) is 7.88. The van der Waals surface area contributed by atoms with Gasteiger partial charge in [0.25, 0.3) is 0 Å². The van der Waals surface area contributed by atoms with Gasteiger partial charge in [-0.15, -0.1) is 0 Å². The standard InChI is InChI=1S/C11H10I2N3O2/c1-16-9-4-7(13-5-8(6-14)15-12)2-3-10(9)18-11(16)17/h2-4,8,15H,5H2,1H3/q-1. The molecule has 1 aromatic carbocycles. The summed E-state index contributed by atoms with van der Waals surface area (Å²) in [5.74, 6) is -0.343. The molecule has 1 aromatic heterocycles. The predicted octanol–water partition coefficient (Wildman–Crippen LogP) is -1.78. The Morgan fingerprint density at radius 3 is 3.11 bits per heavy atom. The van der Waals surface area contributed by atoms with E-state index in [1.165, 1.54) is 8.14 Å². The Bertz CT molecular complexity index is 656. The number of nitrogens with zero attached hydrogens (tertiary/aromatic N) is 2. The molecule has 0 fully saturated rings. The van der Waals surface area contributed by atoms with Gasteiger partial charge >= 0.3 is 129 Å². The van der Waals surface area contributed by atoms with E-state index in [2.05, 4.69) is 9.60 Å². The number of oxazole rings is 1. The van der Waals surface area contributed by atoms with Crippen molar-refractivity contribution in [1.29, 1.82) is 5.26 Å². The zero-order valence-electron chi connectivity index (χ0n) is 9.48. The molecular formula is C11H10I2N3O2-. The van der Waals surface area contributed by atoms with Crippen LogP contribution >= 0.6 is 22.9 Å². The number of hydrogen-bond donors (Lipinski definition) is 1. The van der Waals surface area contributed by atoms with Crippen molar-refractivity contribution in [3.63, 3.8) is 0 Å². The number of aromatic nitrogens is 1. The molecule has 2 aromatic rings. The Balaban J connectivity index is 2.23. The minimum absolute atomic E-state index is 0.109. The molecule has 0 amide bonds. The van der Waals surface area contributed by atoms with Crippen molar-refractivity contribution < 1.29 is 25.6 Å². The van der Waals surface area contributed by atoms with Crippen LogP contribution in [-0.4, -0.2) is 15.0 Å². The van der Waals surface area contributed by atoms with Gasteiger partial charge in [0.2, 0.25) is 0 Å². The van der Waals surface area contributed by atoms with Crippen LogP contribution < -0.4 is 30.5 Å². The van der Waals surface area contributed by atoms with E-state index in [1.807, 2.05) is 41.1 Å². The molecule has 5 nitrogen and oxygen atoms in total. The Kier molecular flexibility index (Phi) is 4.63. The molecule has 0 aliphatic carbocycles. The number of rotatable bonds is 4. The second kappa shape index (κ2) is 6.03. The zero-order valence-corrected chi connectivity index (χ0v) is 13.8. The predicted molar refractivity (Wildman–Crippen MR) is 71.6 cm³/mol. The summed E-state index contributed by atoms with van der Waals surface area (Å²) in [5, 5.41) is 8.86. The molecule has 0 saturated carbocycles. The van der Waals surface area contributed by atoms with Crippen LogP contribution in [0, 0.1) is 14.9 Å². The molecule has 0 bridgehead atoms. The van der Waals surface area contributed by atoms with Crippen LogP contribution in [0.25, 0.3) is 11.1 Å². The van der Waals surface area contributed by atoms with Crippen LogP contribution in [0.4, 0.5) is 0 Å². The molecule has 7 heteroatoms. The molecule has 0 aliphatic heterocycles. The maximum atomic E-state index is 11.4. The summed E-state index contributed by atoms with van der Waals surface area (Å²) in [7, 11) is 1.70. The molecule has 0 saturated heterocycles. The number of benzene rings is 1. The van der Waals surface area contributed by atoms with Crippen LogP contribution in [0.5, 0.6) is 0 Å². The molecule has 18 heavy (non-hydrogen) atoms. The normalized spacial score (nSPS) is 12.7. The van der Waals surface area contributed by atoms with Gasteiger partial charge in [-0.25, -0.2) is 0 Å². The molecule has 2 rings (SSSR count). The molecule has 1 unspecified atom stereocenters. The number of alkyl halides is 1. The van der Waals surface area contributed by atoms with Crippen LogP contribution in [0.3, 0.4) is 0 Å². The topological polar surface area (TPSA) is 71.0 Å². The monoisotopic (exact) mass is 470 g/mol. The second-order valence-corrected chi connectivity index (χ2v) is 7.13. The third kappa shape index (κ3) is 2.86. The number of fused-ring (bicyclic) bond motifs is 1. The Morgan fingerprint density at radius 1 is 1.67 bits per heavy atom. The summed E-state index contributed by atoms with van der Waals surface area (Å²) < 4.78 is 11.6. The first-order valence-electron chi connectivity index (χ1n) is 5.10. The van der Waals surface area contributed by atoms with Gasteiger partial charge in [0, 0.05) is 0 Å². The molecule has 96 valence electrons. The van der Waals surface area contributed by atoms with E-state index in [4.69, 9.17) is 9.68 Å². The average molecular weight is 470 g/mol. The van der Waals surface area contributed by atoms with Crippen molar-refractivity contribution >= 4 is 34.0 Å². The van der Waals surface area contributed by atoms with E-state index in [9.17, 15) is 4.79 Å². The number of nitrogens with one attached hydrogen (secondary N) is 1. The number of aryl methyl sites for hydroxylation is 1. The first-order valence-corrected chi connectivity index (χ1v) is 8.78. The van der Waals surface area contributed by atoms with Gasteiger partial charge in [0.1, 0.15) is 0 Å². The molecule has 0 aliphatic rings. The summed E-state index contributed by atoms with van der Waals surface area (Å²) in [4.78, 5) is 11.4. The van der Waals surface area contributed by atoms with E-state index in [0.29, 0.717) is 5.58 Å². The second-order valence-electron chi connectivity index (χ2n) is 3.62. The van der Waals surface area contributed by atoms with Gasteiger partial charge in [-0.05, 0) is 0 Å². The zero-order chi connectivity index (χ0) is 13.1. The summed E-state index contributed by atoms with van der Waals surface area (Å²) >= 11 is 1.75. The summed E-state index contributed by atoms with van der Waals surface area (Å²) in [5.41, 5.74) is 1.42. The minimum atomic E-state index is -0.343. The van der Waals surface area contributed by atoms with Crippen molar-refractivity contribution in [1.82, 2.24) is 8.10 Å². The van der Waals surface area contributed by atoms with Crippen molar-refractivity contribution in [2.75, 3.05) is 4.43 Å². The van der Waals surface area contributed by atoms with Crippen LogP contribution in [0.1, 0.15) is 0 Å². The van der Waals surface area contributed by atoms with Crippen molar-refractivity contribution in [3.05, 3.63) is 32.3 Å². The van der Waals surface area contributed by atoms with Crippen LogP contribution in [0.2, 0.25) is 0 Å². The number of halogens is 2. The van der Waals surface area contributed by atoms with E-state index in [0.717, 1.165) is 9.94 Å². The fourth-order valence-electron chi connectivity index (χ4n) is 1.44. The van der Waals surface area contributed by atoms with E-state index >= 15 is 0 Å². The first-order chi connectivity index (χ1) is 8.65. The summed E-state index contributed by atoms with van der Waals surface area (Å²) in [6.07, 6.45) is 0. The average Bonchev–Trinajstić information content (AvgIpc) is 2.67. The third-order valence-corrected chi connectivity index (χ3v) is 6.05. The molecule has 1 heterocycles. The Morgan fingerprint density at radius 2 is 2.44 bits per heavy atom. The fourth-order valence-corrected chi connectivity index (χ4v) is 4.95. The van der Waals surface area contributed by atoms with Gasteiger partial charge in [0.15, 0.2) is 0 Å². The van der Waals surface area contributed by atoms with Crippen LogP contribution in [-0.2, 0) is 7.05 Å². The number of nitriles is 1. The molecule has 1 atom stereocenters. The van der Waals surface area contributed by atoms with Gasteiger partial charge in [-0.1, -0.05) is 0 Å². The first kappa shape index (κ1) is 13.8. The van der Waals surface area contributed by atoms with Gasteiger partial charge in [-0.3, -0.25) is 0 Å². The Hall–Kier alpha value is -0.600. The van der Waals surface area contributed by atoms with Crippen molar-refractivity contribution in [2.24, 2.45) is 7.05 Å². The van der Waals surface area contributed by atoms with Crippen LogP contribution in [0.15, 0.2) is 27.4 Å². The van der Waals surface area contributed by atoms with E-state index in [-0.39, 0.29) is 33.0 Å². The Labute approximate surface area is 128 Å². The van der Waals surface area contributed by atoms with Gasteiger partial charge in [-0.2, -0.15) is 0 Å². The molecule has 1 N–H and O–H groups in total. The number of hydrogen-bond acceptors (Lipinski definition) is 4. The fraction of sp³-hybridized carbons (Fsp3) is 0.273. The maximum absolute atomic E-state index is 11.4. The van der Waals surface area contributed by atoms with Crippen molar-refractivity contribution in [3.8, 4) is 6.07 Å². The SMILES string of the molecule is Cn1c(=O)oc2ccc([I-]CC(C#N)NI)cc21. The quantitative estimate of drug-likeness (QED) is 0.326. The van der Waals surface area contributed by atoms with E-state index < -0.39 is 0 Å². The van der Waals surface area contributed by atoms with Crippen molar-refractivity contribution in [2.45, 2.75) is 6.04 Å². The molecular weight excluding hydrogens is 460 g/mol. The van der Waals surface area contributed by atoms with Gasteiger partial charge in [0.05, 0.1) is 0 Å². The third-order valence-electron chi connectivity index (χ3n) is 2.43. The van der Waals surface area contributed by atoms with Gasteiger partial charge < -0.3 is 0 Å². The summed E-state index contributed by atoms with van der Waals surface area (Å²) in [6.45, 7) is 0. The van der Waals surface area contributed by atoms with E-state index in [1.54, 1.807) is 7.05 Å².